The number of Topliss-reactive ketones (excluding diaryl/α,β-unsaturated/α-hetero) is 1. The molecule has 1 saturated carbocycles. The molecular formula is C50H53N4O6S2+. The number of aliphatic hydroxyl groups is 3. The molecule has 320 valence electrons. The number of rotatable bonds is 6. The number of nitrogens with two attached hydrogens (primary N) is 1. The average Bonchev–Trinajstić information content (AvgIpc) is 4.01. The maximum absolute atomic E-state index is 13.6. The SMILES string of the molecule is C[C@@H]1C=C[C@@H]([C@@H](O)CC(=O)CCc2ccc3c4c2CSSC[C@@]25C=C[C@@H]6C7=CN=C8C[NH+](C=C78)[C@@H](O4)[C@@H](C#C[C@H](O)c4ccc(c2c46)[C@@H](N)NC5)C2(C#CO3)CCCC2)[C@H](O)C1. The highest BCUT2D eigenvalue weighted by atomic mass is 33.1. The van der Waals surface area contributed by atoms with E-state index in [1.54, 1.807) is 21.6 Å². The first-order valence-corrected chi connectivity index (χ1v) is 24.8. The van der Waals surface area contributed by atoms with Gasteiger partial charge in [-0.2, -0.15) is 0 Å². The van der Waals surface area contributed by atoms with Crippen molar-refractivity contribution in [3.05, 3.63) is 105 Å². The number of allylic oxidation sites excluding steroid dienone is 3. The lowest BCUT2D eigenvalue weighted by Gasteiger charge is -2.45. The van der Waals surface area contributed by atoms with Crippen LogP contribution in [-0.2, 0) is 22.4 Å². The van der Waals surface area contributed by atoms with Gasteiger partial charge >= 0.3 is 0 Å². The van der Waals surface area contributed by atoms with E-state index in [4.69, 9.17) is 20.2 Å². The minimum Gasteiger partial charge on any atom is -0.437 e. The smallest absolute Gasteiger partial charge is 0.252 e. The summed E-state index contributed by atoms with van der Waals surface area (Å²) in [7, 11) is 3.55. The second kappa shape index (κ2) is 15.9. The molecule has 3 aliphatic carbocycles. The first-order chi connectivity index (χ1) is 30.1. The van der Waals surface area contributed by atoms with Crippen LogP contribution in [0.5, 0.6) is 11.5 Å². The predicted molar refractivity (Wildman–Crippen MR) is 241 cm³/mol. The van der Waals surface area contributed by atoms with Crippen molar-refractivity contribution in [2.24, 2.45) is 33.9 Å². The molecule has 7 N–H and O–H groups in total. The Morgan fingerprint density at radius 2 is 1.97 bits per heavy atom. The molecule has 8 heterocycles. The topological polar surface area (TPSA) is 151 Å². The number of aryl methyl sites for hydroxylation is 1. The molecule has 62 heavy (non-hydrogen) atoms. The number of aliphatic hydroxyl groups excluding tert-OH is 3. The fraction of sp³-hybridized carbons (Fsp3) is 0.480. The van der Waals surface area contributed by atoms with Crippen LogP contribution in [0.3, 0.4) is 0 Å². The van der Waals surface area contributed by atoms with Crippen molar-refractivity contribution in [2.45, 2.75) is 106 Å². The highest BCUT2D eigenvalue weighted by molar-refractivity contribution is 8.76. The number of ketones is 1. The lowest BCUT2D eigenvalue weighted by molar-refractivity contribution is -0.888. The summed E-state index contributed by atoms with van der Waals surface area (Å²) in [6.07, 6.45) is 17.4. The molecule has 0 amide bonds. The van der Waals surface area contributed by atoms with Crippen LogP contribution in [0.2, 0.25) is 0 Å². The van der Waals surface area contributed by atoms with Crippen molar-refractivity contribution in [3.63, 3.8) is 0 Å². The van der Waals surface area contributed by atoms with E-state index in [9.17, 15) is 20.1 Å². The first-order valence-electron chi connectivity index (χ1n) is 22.3. The van der Waals surface area contributed by atoms with Gasteiger partial charge in [0.15, 0.2) is 11.5 Å². The lowest BCUT2D eigenvalue weighted by atomic mass is 9.64. The summed E-state index contributed by atoms with van der Waals surface area (Å²) in [5, 5.41) is 37.8. The number of nitrogens with one attached hydrogen (secondary N) is 2. The third kappa shape index (κ3) is 6.76. The van der Waals surface area contributed by atoms with Gasteiger partial charge in [-0.15, -0.1) is 0 Å². The van der Waals surface area contributed by atoms with Crippen molar-refractivity contribution < 1.29 is 34.5 Å². The second-order valence-electron chi connectivity index (χ2n) is 18.9. The molecule has 10 bridgehead atoms. The number of carbonyl (C=O) groups is 1. The molecule has 1 unspecified atom stereocenters. The summed E-state index contributed by atoms with van der Waals surface area (Å²) in [4.78, 5) is 19.8. The largest absolute Gasteiger partial charge is 0.437 e. The molecule has 0 saturated heterocycles. The molecule has 0 radical (unpaired) electrons. The third-order valence-corrected chi connectivity index (χ3v) is 17.5. The molecule has 10 nitrogen and oxygen atoms in total. The van der Waals surface area contributed by atoms with Crippen LogP contribution in [0, 0.1) is 47.0 Å². The Morgan fingerprint density at radius 1 is 1.11 bits per heavy atom. The van der Waals surface area contributed by atoms with E-state index in [2.05, 4.69) is 53.6 Å². The minimum atomic E-state index is -1.07. The maximum atomic E-state index is 13.6. The monoisotopic (exact) mass is 869 g/mol. The standard InChI is InChI=1S/C50H52N4O6S2/c1-28-4-8-32(41(57)20-28)42(58)21-30(55)7-5-29-6-13-43-46-37(29)25-61-62-27-50-17-14-31-35-22-52-39-24-54(23-36(35)39)48(60-46)38(49(18-19-59-43)15-2-3-16-49)11-12-40(56)33-9-10-34(45(50)44(31)33)47(51)53-26-50/h4,6,8-10,13-14,17,22-23,28,31-32,38,40-42,47-48,53,56-58H,2-3,5,7,15-16,20-21,24-27,51H2,1H3/p+1/t28-,31-,32-,38-,40+,41-,42+,47+,48+,50+/m1/s1. The Bertz CT molecular complexity index is 2520. The van der Waals surface area contributed by atoms with Crippen LogP contribution in [0.15, 0.2) is 77.1 Å². The normalized spacial score (nSPS) is 34.4. The molecule has 2 aromatic carbocycles. The van der Waals surface area contributed by atoms with Gasteiger partial charge in [0.25, 0.3) is 6.23 Å². The van der Waals surface area contributed by atoms with E-state index in [0.29, 0.717) is 43.2 Å². The zero-order valence-corrected chi connectivity index (χ0v) is 36.5. The summed E-state index contributed by atoms with van der Waals surface area (Å²) in [6, 6.07) is 8.08. The Morgan fingerprint density at radius 3 is 2.82 bits per heavy atom. The van der Waals surface area contributed by atoms with Crippen molar-refractivity contribution in [3.8, 4) is 35.4 Å². The van der Waals surface area contributed by atoms with Crippen LogP contribution >= 0.6 is 21.6 Å². The second-order valence-corrected chi connectivity index (χ2v) is 21.3. The van der Waals surface area contributed by atoms with E-state index in [1.807, 2.05) is 43.5 Å². The molecule has 11 aliphatic rings. The summed E-state index contributed by atoms with van der Waals surface area (Å²) in [5.74, 6) is 12.3. The van der Waals surface area contributed by atoms with Gasteiger partial charge in [0.1, 0.15) is 42.4 Å². The number of hydrogen-bond donors (Lipinski definition) is 6. The van der Waals surface area contributed by atoms with Gasteiger partial charge in [0.2, 0.25) is 0 Å². The van der Waals surface area contributed by atoms with Crippen LogP contribution in [0.4, 0.5) is 0 Å². The number of quaternary nitrogens is 1. The zero-order chi connectivity index (χ0) is 42.3. The quantitative estimate of drug-likeness (QED) is 0.134. The number of hydrogen-bond acceptors (Lipinski definition) is 11. The fourth-order valence-corrected chi connectivity index (χ4v) is 14.4. The van der Waals surface area contributed by atoms with Crippen LogP contribution in [-0.4, -0.2) is 64.1 Å². The van der Waals surface area contributed by atoms with Crippen molar-refractivity contribution >= 4 is 33.1 Å². The molecule has 1 fully saturated rings. The average molecular weight is 870 g/mol. The lowest BCUT2D eigenvalue weighted by Crippen LogP contribution is -3.13. The molecule has 13 rings (SSSR count). The number of ether oxygens (including phenoxy) is 2. The van der Waals surface area contributed by atoms with Gasteiger partial charge in [-0.25, -0.2) is 0 Å². The number of carbonyl (C=O) groups excluding carboxylic acids is 1. The van der Waals surface area contributed by atoms with Gasteiger partial charge < -0.3 is 30.5 Å². The Labute approximate surface area is 371 Å². The Hall–Kier alpha value is -4.08. The molecule has 11 atom stereocenters. The van der Waals surface area contributed by atoms with Gasteiger partial charge in [-0.3, -0.25) is 20.0 Å². The summed E-state index contributed by atoms with van der Waals surface area (Å²) in [5.41, 5.74) is 15.2. The van der Waals surface area contributed by atoms with Gasteiger partial charge in [0, 0.05) is 59.9 Å². The van der Waals surface area contributed by atoms with Crippen molar-refractivity contribution in [1.29, 1.82) is 0 Å². The van der Waals surface area contributed by atoms with E-state index in [0.717, 1.165) is 81.0 Å². The van der Waals surface area contributed by atoms with Gasteiger partial charge in [0.05, 0.1) is 29.4 Å². The molecule has 8 aliphatic heterocycles. The number of aliphatic imine (C=N–C) groups is 1. The maximum Gasteiger partial charge on any atom is 0.252 e. The van der Waals surface area contributed by atoms with Crippen LogP contribution in [0.25, 0.3) is 0 Å². The van der Waals surface area contributed by atoms with E-state index in [1.165, 1.54) is 5.56 Å². The first kappa shape index (κ1) is 40.7. The van der Waals surface area contributed by atoms with Gasteiger partial charge in [-0.05, 0) is 71.1 Å². The van der Waals surface area contributed by atoms with Crippen LogP contribution in [0.1, 0.15) is 103 Å². The highest BCUT2D eigenvalue weighted by Gasteiger charge is 2.53. The molecule has 12 heteroatoms. The highest BCUT2D eigenvalue weighted by Crippen LogP contribution is 2.54. The van der Waals surface area contributed by atoms with E-state index in [-0.39, 0.29) is 36.6 Å². The zero-order valence-electron chi connectivity index (χ0n) is 34.9. The number of fused-ring (bicyclic) bond motifs is 1. The molecule has 0 aromatic heterocycles. The van der Waals surface area contributed by atoms with E-state index < -0.39 is 47.2 Å². The minimum absolute atomic E-state index is 0.0243. The summed E-state index contributed by atoms with van der Waals surface area (Å²) >= 11 is 0. The molecule has 2 aromatic rings. The van der Waals surface area contributed by atoms with Crippen molar-refractivity contribution in [2.75, 3.05) is 18.8 Å². The Balaban J connectivity index is 1.05. The fourth-order valence-electron chi connectivity index (χ4n) is 11.7. The summed E-state index contributed by atoms with van der Waals surface area (Å²) in [6.45, 7) is 3.29. The Kier molecular flexibility index (Phi) is 10.4. The summed E-state index contributed by atoms with van der Waals surface area (Å²) < 4.78 is 13.9. The molecular weight excluding hydrogens is 817 g/mol. The third-order valence-electron chi connectivity index (χ3n) is 15.1. The number of nitrogens with zero attached hydrogens (tertiary/aromatic N) is 1. The van der Waals surface area contributed by atoms with E-state index >= 15 is 0 Å². The van der Waals surface area contributed by atoms with Crippen LogP contribution < -0.4 is 25.4 Å². The molecule has 2 spiro atoms. The van der Waals surface area contributed by atoms with Gasteiger partial charge in [-0.1, -0.05) is 102 Å². The number of benzene rings is 2. The predicted octanol–water partition coefficient (Wildman–Crippen LogP) is 4.97. The van der Waals surface area contributed by atoms with Crippen molar-refractivity contribution in [1.82, 2.24) is 5.32 Å².